The number of halogens is 1. The average molecular weight is 458 g/mol. The number of carbonyl (C=O) groups is 3. The second-order valence-corrected chi connectivity index (χ2v) is 7.91. The highest BCUT2D eigenvalue weighted by molar-refractivity contribution is 6.46. The number of carbonyl (C=O) groups excluding carboxylic acids is 2. The van der Waals surface area contributed by atoms with Crippen LogP contribution in [-0.2, 0) is 14.4 Å². The van der Waals surface area contributed by atoms with Gasteiger partial charge in [-0.1, -0.05) is 30.2 Å². The molecule has 2 aromatic carbocycles. The molecule has 2 N–H and O–H groups in total. The van der Waals surface area contributed by atoms with Crippen LogP contribution < -0.4 is 4.74 Å². The molecule has 1 heterocycles. The average Bonchev–Trinajstić information content (AvgIpc) is 3.03. The predicted octanol–water partition coefficient (Wildman–Crippen LogP) is 4.42. The van der Waals surface area contributed by atoms with Crippen LogP contribution in [0.15, 0.2) is 54.1 Å². The summed E-state index contributed by atoms with van der Waals surface area (Å²) in [5.74, 6) is -1.97. The first-order valence-electron chi connectivity index (χ1n) is 10.2. The lowest BCUT2D eigenvalue weighted by molar-refractivity contribution is -0.140. The van der Waals surface area contributed by atoms with Gasteiger partial charge < -0.3 is 19.8 Å². The van der Waals surface area contributed by atoms with Crippen LogP contribution in [0.4, 0.5) is 0 Å². The molecule has 1 aliphatic heterocycles. The fraction of sp³-hybridized carbons (Fsp3) is 0.292. The summed E-state index contributed by atoms with van der Waals surface area (Å²) in [5.41, 5.74) is 1.05. The monoisotopic (exact) mass is 457 g/mol. The first-order valence-corrected chi connectivity index (χ1v) is 10.6. The zero-order valence-electron chi connectivity index (χ0n) is 17.6. The number of carboxylic acids is 1. The van der Waals surface area contributed by atoms with Crippen molar-refractivity contribution in [2.75, 3.05) is 13.7 Å². The Morgan fingerprint density at radius 1 is 1.00 bits per heavy atom. The Hall–Kier alpha value is -3.32. The zero-order valence-corrected chi connectivity index (χ0v) is 18.3. The Labute approximate surface area is 190 Å². The maximum absolute atomic E-state index is 12.9. The number of hydrogen-bond donors (Lipinski definition) is 2. The summed E-state index contributed by atoms with van der Waals surface area (Å²) in [4.78, 5) is 38.0. The van der Waals surface area contributed by atoms with Crippen molar-refractivity contribution < 1.29 is 29.3 Å². The lowest BCUT2D eigenvalue weighted by Crippen LogP contribution is -2.30. The highest BCUT2D eigenvalue weighted by atomic mass is 35.5. The van der Waals surface area contributed by atoms with E-state index in [1.807, 2.05) is 0 Å². The quantitative estimate of drug-likeness (QED) is 0.250. The molecule has 0 unspecified atom stereocenters. The van der Waals surface area contributed by atoms with E-state index in [-0.39, 0.29) is 24.3 Å². The van der Waals surface area contributed by atoms with Gasteiger partial charge in [-0.2, -0.15) is 0 Å². The highest BCUT2D eigenvalue weighted by Crippen LogP contribution is 2.40. The minimum atomic E-state index is -0.869. The van der Waals surface area contributed by atoms with Crippen molar-refractivity contribution in [1.29, 1.82) is 0 Å². The van der Waals surface area contributed by atoms with Gasteiger partial charge in [0, 0.05) is 23.6 Å². The first kappa shape index (κ1) is 23.3. The molecule has 1 fully saturated rings. The van der Waals surface area contributed by atoms with Gasteiger partial charge in [0.2, 0.25) is 0 Å². The number of Topliss-reactive ketones (excluding diaryl/α,β-unsaturated/α-hetero) is 1. The number of nitrogens with zero attached hydrogens (tertiary/aromatic N) is 1. The van der Waals surface area contributed by atoms with Crippen LogP contribution in [-0.4, -0.2) is 46.4 Å². The summed E-state index contributed by atoms with van der Waals surface area (Å²) in [6.07, 6.45) is 1.67. The van der Waals surface area contributed by atoms with Crippen molar-refractivity contribution in [2.45, 2.75) is 31.7 Å². The van der Waals surface area contributed by atoms with Crippen molar-refractivity contribution >= 4 is 35.0 Å². The number of rotatable bonds is 9. The van der Waals surface area contributed by atoms with Crippen molar-refractivity contribution in [3.05, 3.63) is 70.3 Å². The van der Waals surface area contributed by atoms with E-state index in [0.29, 0.717) is 41.2 Å². The number of benzene rings is 2. The standard InChI is InChI=1S/C24H24ClNO6/c1-32-18-12-8-15(9-13-18)21-20(22(29)16-6-10-17(25)11-7-16)23(30)24(31)26(21)14-4-2-3-5-19(27)28/h6-13,21,29H,2-5,14H2,1H3,(H,27,28)/b22-20+/t21-/m0/s1. The van der Waals surface area contributed by atoms with E-state index in [2.05, 4.69) is 0 Å². The van der Waals surface area contributed by atoms with Crippen LogP contribution in [0, 0.1) is 0 Å². The van der Waals surface area contributed by atoms with Crippen molar-refractivity contribution in [1.82, 2.24) is 4.90 Å². The lowest BCUT2D eigenvalue weighted by atomic mass is 9.95. The molecule has 168 valence electrons. The van der Waals surface area contributed by atoms with Crippen LogP contribution in [0.5, 0.6) is 5.75 Å². The number of amides is 1. The number of aliphatic carboxylic acids is 1. The molecule has 7 nitrogen and oxygen atoms in total. The number of methoxy groups -OCH3 is 1. The third kappa shape index (κ3) is 5.11. The van der Waals surface area contributed by atoms with Gasteiger partial charge in [-0.05, 0) is 54.8 Å². The Morgan fingerprint density at radius 2 is 1.66 bits per heavy atom. The minimum absolute atomic E-state index is 0.00743. The Balaban J connectivity index is 1.97. The molecule has 8 heteroatoms. The van der Waals surface area contributed by atoms with Gasteiger partial charge in [-0.15, -0.1) is 0 Å². The van der Waals surface area contributed by atoms with Gasteiger partial charge >= 0.3 is 5.97 Å². The molecule has 0 spiro atoms. The molecule has 0 aliphatic carbocycles. The van der Waals surface area contributed by atoms with Crippen LogP contribution in [0.3, 0.4) is 0 Å². The van der Waals surface area contributed by atoms with Gasteiger partial charge in [0.1, 0.15) is 11.5 Å². The zero-order chi connectivity index (χ0) is 23.3. The summed E-state index contributed by atoms with van der Waals surface area (Å²) in [6.45, 7) is 0.262. The summed E-state index contributed by atoms with van der Waals surface area (Å²) >= 11 is 5.93. The van der Waals surface area contributed by atoms with E-state index >= 15 is 0 Å². The summed E-state index contributed by atoms with van der Waals surface area (Å²) in [6, 6.07) is 12.6. The highest BCUT2D eigenvalue weighted by Gasteiger charge is 2.45. The second kappa shape index (κ2) is 10.3. The largest absolute Gasteiger partial charge is 0.507 e. The molecular weight excluding hydrogens is 434 g/mol. The molecule has 32 heavy (non-hydrogen) atoms. The summed E-state index contributed by atoms with van der Waals surface area (Å²) in [5, 5.41) is 20.2. The number of ether oxygens (including phenoxy) is 1. The summed E-state index contributed by atoms with van der Waals surface area (Å²) < 4.78 is 5.20. The number of unbranched alkanes of at least 4 members (excludes halogenated alkanes) is 2. The third-order valence-corrected chi connectivity index (χ3v) is 5.63. The maximum atomic E-state index is 12.9. The number of carboxylic acid groups (broad SMARTS) is 1. The van der Waals surface area contributed by atoms with Gasteiger partial charge in [0.15, 0.2) is 0 Å². The van der Waals surface area contributed by atoms with E-state index in [1.54, 1.807) is 55.6 Å². The topological polar surface area (TPSA) is 104 Å². The number of likely N-dealkylation sites (tertiary alicyclic amines) is 1. The number of aliphatic hydroxyl groups is 1. The minimum Gasteiger partial charge on any atom is -0.507 e. The van der Waals surface area contributed by atoms with Gasteiger partial charge in [-0.25, -0.2) is 0 Å². The summed E-state index contributed by atoms with van der Waals surface area (Å²) in [7, 11) is 1.54. The number of hydrogen-bond acceptors (Lipinski definition) is 5. The molecule has 1 atom stereocenters. The molecule has 1 amide bonds. The molecular formula is C24H24ClNO6. The molecule has 3 rings (SSSR count). The first-order chi connectivity index (χ1) is 15.3. The molecule has 1 saturated heterocycles. The smallest absolute Gasteiger partial charge is 0.303 e. The van der Waals surface area contributed by atoms with Crippen molar-refractivity contribution in [3.63, 3.8) is 0 Å². The van der Waals surface area contributed by atoms with E-state index < -0.39 is 23.7 Å². The second-order valence-electron chi connectivity index (χ2n) is 7.48. The lowest BCUT2D eigenvalue weighted by Gasteiger charge is -2.25. The predicted molar refractivity (Wildman–Crippen MR) is 120 cm³/mol. The molecule has 0 radical (unpaired) electrons. The molecule has 0 bridgehead atoms. The van der Waals surface area contributed by atoms with Crippen LogP contribution in [0.2, 0.25) is 5.02 Å². The van der Waals surface area contributed by atoms with Crippen LogP contribution in [0.1, 0.15) is 42.9 Å². The van der Waals surface area contributed by atoms with Crippen LogP contribution >= 0.6 is 11.6 Å². The van der Waals surface area contributed by atoms with Crippen molar-refractivity contribution in [3.8, 4) is 5.75 Å². The van der Waals surface area contributed by atoms with Gasteiger partial charge in [0.25, 0.3) is 11.7 Å². The molecule has 0 saturated carbocycles. The normalized spacial score (nSPS) is 17.6. The fourth-order valence-electron chi connectivity index (χ4n) is 3.74. The Bertz CT molecular complexity index is 1030. The molecule has 2 aromatic rings. The third-order valence-electron chi connectivity index (χ3n) is 5.38. The van der Waals surface area contributed by atoms with E-state index in [0.717, 1.165) is 0 Å². The Kier molecular flexibility index (Phi) is 7.53. The van der Waals surface area contributed by atoms with Crippen LogP contribution in [0.25, 0.3) is 5.76 Å². The van der Waals surface area contributed by atoms with Gasteiger partial charge in [-0.3, -0.25) is 14.4 Å². The fourth-order valence-corrected chi connectivity index (χ4v) is 3.87. The van der Waals surface area contributed by atoms with E-state index in [1.165, 1.54) is 4.90 Å². The van der Waals surface area contributed by atoms with E-state index in [4.69, 9.17) is 21.4 Å². The van der Waals surface area contributed by atoms with Crippen molar-refractivity contribution in [2.24, 2.45) is 0 Å². The van der Waals surface area contributed by atoms with E-state index in [9.17, 15) is 19.5 Å². The molecule has 1 aliphatic rings. The number of aliphatic hydroxyl groups excluding tert-OH is 1. The maximum Gasteiger partial charge on any atom is 0.303 e. The molecule has 0 aromatic heterocycles. The Morgan fingerprint density at radius 3 is 2.25 bits per heavy atom. The SMILES string of the molecule is COc1ccc([C@H]2/C(=C(\O)c3ccc(Cl)cc3)C(=O)C(=O)N2CCCCCC(=O)O)cc1. The number of ketones is 1. The van der Waals surface area contributed by atoms with Gasteiger partial charge in [0.05, 0.1) is 18.7 Å².